The lowest BCUT2D eigenvalue weighted by Crippen LogP contribution is -2.18. The number of carbonyl (C=O) groups excluding carboxylic acids is 1. The van der Waals surface area contributed by atoms with Crippen LogP contribution in [0.2, 0.25) is 0 Å². The van der Waals surface area contributed by atoms with Crippen molar-refractivity contribution in [3.8, 4) is 0 Å². The molecule has 1 aromatic heterocycles. The molecule has 0 unspecified atom stereocenters. The summed E-state index contributed by atoms with van der Waals surface area (Å²) in [5.74, 6) is -0.0251. The van der Waals surface area contributed by atoms with Crippen LogP contribution in [-0.4, -0.2) is 5.91 Å². The standard InChI is InChI=1S/C17H21NOS/c1-11-10-15(20-12(11)2)16(19)18-14-9-7-6-8-13(14)17(3,4)5/h6-10H,1-5H3,(H,18,19). The van der Waals surface area contributed by atoms with Crippen LogP contribution in [0.25, 0.3) is 0 Å². The van der Waals surface area contributed by atoms with Gasteiger partial charge in [-0.05, 0) is 42.5 Å². The van der Waals surface area contributed by atoms with Crippen LogP contribution >= 0.6 is 11.3 Å². The number of amides is 1. The van der Waals surface area contributed by atoms with Gasteiger partial charge in [-0.15, -0.1) is 11.3 Å². The van der Waals surface area contributed by atoms with Crippen molar-refractivity contribution in [2.24, 2.45) is 0 Å². The summed E-state index contributed by atoms with van der Waals surface area (Å²) in [4.78, 5) is 14.3. The lowest BCUT2D eigenvalue weighted by Gasteiger charge is -2.22. The van der Waals surface area contributed by atoms with E-state index in [4.69, 9.17) is 0 Å². The topological polar surface area (TPSA) is 29.1 Å². The zero-order chi connectivity index (χ0) is 14.9. The maximum absolute atomic E-state index is 12.4. The Hall–Kier alpha value is -1.61. The molecule has 0 fully saturated rings. The van der Waals surface area contributed by atoms with E-state index in [2.05, 4.69) is 32.2 Å². The maximum atomic E-state index is 12.4. The molecule has 0 spiro atoms. The van der Waals surface area contributed by atoms with Crippen LogP contribution in [0.5, 0.6) is 0 Å². The summed E-state index contributed by atoms with van der Waals surface area (Å²) in [5, 5.41) is 3.05. The first-order valence-corrected chi connectivity index (χ1v) is 7.58. The fraction of sp³-hybridized carbons (Fsp3) is 0.353. The van der Waals surface area contributed by atoms with Gasteiger partial charge in [0.1, 0.15) is 0 Å². The molecule has 0 saturated carbocycles. The van der Waals surface area contributed by atoms with Gasteiger partial charge in [-0.3, -0.25) is 4.79 Å². The molecule has 0 aliphatic heterocycles. The first-order valence-electron chi connectivity index (χ1n) is 6.77. The van der Waals surface area contributed by atoms with Crippen molar-refractivity contribution in [2.75, 3.05) is 5.32 Å². The predicted octanol–water partition coefficient (Wildman–Crippen LogP) is 4.91. The minimum absolute atomic E-state index is 0.00512. The number of nitrogens with one attached hydrogen (secondary N) is 1. The van der Waals surface area contributed by atoms with E-state index in [1.54, 1.807) is 11.3 Å². The van der Waals surface area contributed by atoms with Crippen molar-refractivity contribution >= 4 is 22.9 Å². The number of thiophene rings is 1. The van der Waals surface area contributed by atoms with Crippen LogP contribution in [0.1, 0.15) is 46.4 Å². The van der Waals surface area contributed by atoms with Crippen LogP contribution in [0.3, 0.4) is 0 Å². The molecule has 0 aliphatic rings. The normalized spacial score (nSPS) is 11.4. The molecule has 0 bridgehead atoms. The summed E-state index contributed by atoms with van der Waals surface area (Å²) in [7, 11) is 0. The molecule has 3 heteroatoms. The Kier molecular flexibility index (Phi) is 4.00. The summed E-state index contributed by atoms with van der Waals surface area (Å²) < 4.78 is 0. The number of aryl methyl sites for hydroxylation is 2. The molecular formula is C17H21NOS. The minimum atomic E-state index is -0.0251. The summed E-state index contributed by atoms with van der Waals surface area (Å²) in [6, 6.07) is 9.95. The highest BCUT2D eigenvalue weighted by Crippen LogP contribution is 2.30. The average Bonchev–Trinajstić information content (AvgIpc) is 2.69. The third kappa shape index (κ3) is 3.10. The van der Waals surface area contributed by atoms with E-state index in [-0.39, 0.29) is 11.3 Å². The van der Waals surface area contributed by atoms with Gasteiger partial charge in [0.2, 0.25) is 0 Å². The Bertz CT molecular complexity index is 615. The first-order chi connectivity index (χ1) is 9.29. The monoisotopic (exact) mass is 287 g/mol. The Balaban J connectivity index is 2.29. The molecule has 2 aromatic rings. The third-order valence-corrected chi connectivity index (χ3v) is 4.52. The first kappa shape index (κ1) is 14.8. The van der Waals surface area contributed by atoms with E-state index in [9.17, 15) is 4.79 Å². The molecule has 1 heterocycles. The fourth-order valence-corrected chi connectivity index (χ4v) is 3.04. The number of hydrogen-bond donors (Lipinski definition) is 1. The lowest BCUT2D eigenvalue weighted by molar-refractivity contribution is 0.103. The second kappa shape index (κ2) is 5.41. The summed E-state index contributed by atoms with van der Waals surface area (Å²) in [6.45, 7) is 10.5. The Morgan fingerprint density at radius 2 is 1.80 bits per heavy atom. The SMILES string of the molecule is Cc1cc(C(=O)Nc2ccccc2C(C)(C)C)sc1C. The van der Waals surface area contributed by atoms with Crippen LogP contribution in [-0.2, 0) is 5.41 Å². The largest absolute Gasteiger partial charge is 0.321 e. The number of carbonyl (C=O) groups is 1. The van der Waals surface area contributed by atoms with Crippen molar-refractivity contribution in [3.05, 3.63) is 51.2 Å². The summed E-state index contributed by atoms with van der Waals surface area (Å²) in [6.07, 6.45) is 0. The molecule has 0 saturated heterocycles. The maximum Gasteiger partial charge on any atom is 0.265 e. The van der Waals surface area contributed by atoms with E-state index in [1.165, 1.54) is 10.4 Å². The number of benzene rings is 1. The number of rotatable bonds is 2. The molecule has 2 rings (SSSR count). The highest BCUT2D eigenvalue weighted by atomic mass is 32.1. The van der Waals surface area contributed by atoms with E-state index in [0.717, 1.165) is 16.1 Å². The summed E-state index contributed by atoms with van der Waals surface area (Å²) >= 11 is 1.54. The quantitative estimate of drug-likeness (QED) is 0.835. The molecule has 1 N–H and O–H groups in total. The Morgan fingerprint density at radius 3 is 2.35 bits per heavy atom. The van der Waals surface area contributed by atoms with Crippen molar-refractivity contribution < 1.29 is 4.79 Å². The highest BCUT2D eigenvalue weighted by molar-refractivity contribution is 7.14. The number of hydrogen-bond acceptors (Lipinski definition) is 2. The predicted molar refractivity (Wildman–Crippen MR) is 86.9 cm³/mol. The molecule has 0 radical (unpaired) electrons. The number of anilines is 1. The van der Waals surface area contributed by atoms with Gasteiger partial charge in [0.15, 0.2) is 0 Å². The van der Waals surface area contributed by atoms with Gasteiger partial charge in [0.05, 0.1) is 4.88 Å². The summed E-state index contributed by atoms with van der Waals surface area (Å²) in [5.41, 5.74) is 3.22. The minimum Gasteiger partial charge on any atom is -0.321 e. The van der Waals surface area contributed by atoms with Gasteiger partial charge in [-0.2, -0.15) is 0 Å². The van der Waals surface area contributed by atoms with Crippen LogP contribution in [0.15, 0.2) is 30.3 Å². The second-order valence-electron chi connectivity index (χ2n) is 6.10. The van der Waals surface area contributed by atoms with Crippen molar-refractivity contribution in [1.29, 1.82) is 0 Å². The van der Waals surface area contributed by atoms with Gasteiger partial charge in [-0.1, -0.05) is 39.0 Å². The third-order valence-electron chi connectivity index (χ3n) is 3.37. The van der Waals surface area contributed by atoms with Crippen molar-refractivity contribution in [1.82, 2.24) is 0 Å². The van der Waals surface area contributed by atoms with E-state index >= 15 is 0 Å². The highest BCUT2D eigenvalue weighted by Gasteiger charge is 2.19. The molecule has 1 aromatic carbocycles. The van der Waals surface area contributed by atoms with E-state index in [1.807, 2.05) is 38.1 Å². The van der Waals surface area contributed by atoms with Crippen LogP contribution in [0, 0.1) is 13.8 Å². The molecular weight excluding hydrogens is 266 g/mol. The van der Waals surface area contributed by atoms with Gasteiger partial charge < -0.3 is 5.32 Å². The van der Waals surface area contributed by atoms with E-state index < -0.39 is 0 Å². The lowest BCUT2D eigenvalue weighted by atomic mass is 9.86. The van der Waals surface area contributed by atoms with Crippen LogP contribution in [0.4, 0.5) is 5.69 Å². The van der Waals surface area contributed by atoms with Gasteiger partial charge in [0.25, 0.3) is 5.91 Å². The molecule has 2 nitrogen and oxygen atoms in total. The molecule has 20 heavy (non-hydrogen) atoms. The fourth-order valence-electron chi connectivity index (χ4n) is 2.12. The van der Waals surface area contributed by atoms with Crippen LogP contribution < -0.4 is 5.32 Å². The Labute approximate surface area is 124 Å². The molecule has 0 aliphatic carbocycles. The number of para-hydroxylation sites is 1. The molecule has 106 valence electrons. The Morgan fingerprint density at radius 1 is 1.15 bits per heavy atom. The molecule has 1 amide bonds. The van der Waals surface area contributed by atoms with Gasteiger partial charge in [0, 0.05) is 10.6 Å². The second-order valence-corrected chi connectivity index (χ2v) is 7.36. The van der Waals surface area contributed by atoms with Crippen molar-refractivity contribution in [2.45, 2.75) is 40.0 Å². The van der Waals surface area contributed by atoms with Gasteiger partial charge in [-0.25, -0.2) is 0 Å². The zero-order valence-corrected chi connectivity index (χ0v) is 13.5. The molecule has 0 atom stereocenters. The van der Waals surface area contributed by atoms with Gasteiger partial charge >= 0.3 is 0 Å². The van der Waals surface area contributed by atoms with E-state index in [0.29, 0.717) is 0 Å². The zero-order valence-electron chi connectivity index (χ0n) is 12.7. The smallest absolute Gasteiger partial charge is 0.265 e. The average molecular weight is 287 g/mol. The van der Waals surface area contributed by atoms with Crippen molar-refractivity contribution in [3.63, 3.8) is 0 Å².